The Morgan fingerprint density at radius 2 is 2.28 bits per heavy atom. The second-order valence-electron chi connectivity index (χ2n) is 6.63. The minimum Gasteiger partial charge on any atom is -0.387 e. The van der Waals surface area contributed by atoms with Gasteiger partial charge in [-0.15, -0.1) is 0 Å². The van der Waals surface area contributed by atoms with Crippen molar-refractivity contribution in [2.75, 3.05) is 26.7 Å². The van der Waals surface area contributed by atoms with Crippen molar-refractivity contribution in [3.63, 3.8) is 0 Å². The lowest BCUT2D eigenvalue weighted by Gasteiger charge is -2.31. The first-order chi connectivity index (χ1) is 8.57. The van der Waals surface area contributed by atoms with Gasteiger partial charge in [-0.25, -0.2) is 0 Å². The van der Waals surface area contributed by atoms with Crippen LogP contribution >= 0.6 is 0 Å². The van der Waals surface area contributed by atoms with Crippen molar-refractivity contribution < 1.29 is 9.90 Å². The maximum absolute atomic E-state index is 12.5. The number of amides is 1. The van der Waals surface area contributed by atoms with Crippen molar-refractivity contribution in [2.45, 2.75) is 37.7 Å². The van der Waals surface area contributed by atoms with Crippen molar-refractivity contribution in [1.82, 2.24) is 10.2 Å². The van der Waals surface area contributed by atoms with Crippen LogP contribution in [-0.4, -0.2) is 48.2 Å². The Morgan fingerprint density at radius 1 is 1.44 bits per heavy atom. The van der Waals surface area contributed by atoms with Gasteiger partial charge in [0.05, 0.1) is 12.1 Å². The van der Waals surface area contributed by atoms with Crippen LogP contribution in [-0.2, 0) is 4.79 Å². The lowest BCUT2D eigenvalue weighted by molar-refractivity contribution is -0.138. The van der Waals surface area contributed by atoms with E-state index in [0.717, 1.165) is 25.3 Å². The molecule has 3 rings (SSSR count). The summed E-state index contributed by atoms with van der Waals surface area (Å²) in [6.07, 6.45) is 5.66. The lowest BCUT2D eigenvalue weighted by Crippen LogP contribution is -2.47. The molecule has 4 unspecified atom stereocenters. The highest BCUT2D eigenvalue weighted by atomic mass is 16.3. The smallest absolute Gasteiger partial charge is 0.225 e. The van der Waals surface area contributed by atoms with Gasteiger partial charge in [-0.1, -0.05) is 6.42 Å². The Bertz CT molecular complexity index is 339. The van der Waals surface area contributed by atoms with E-state index in [1.807, 2.05) is 7.05 Å². The molecule has 2 saturated carbocycles. The van der Waals surface area contributed by atoms with Crippen LogP contribution in [0.4, 0.5) is 0 Å². The van der Waals surface area contributed by atoms with Gasteiger partial charge >= 0.3 is 0 Å². The number of rotatable bonds is 3. The molecular weight excluding hydrogens is 228 g/mol. The minimum absolute atomic E-state index is 0.242. The van der Waals surface area contributed by atoms with E-state index in [9.17, 15) is 9.90 Å². The Labute approximate surface area is 109 Å². The van der Waals surface area contributed by atoms with Crippen molar-refractivity contribution >= 4 is 5.91 Å². The van der Waals surface area contributed by atoms with Crippen molar-refractivity contribution in [2.24, 2.45) is 17.8 Å². The number of hydrogen-bond acceptors (Lipinski definition) is 3. The molecule has 4 atom stereocenters. The topological polar surface area (TPSA) is 52.6 Å². The van der Waals surface area contributed by atoms with Gasteiger partial charge in [-0.3, -0.25) is 4.79 Å². The van der Waals surface area contributed by atoms with Gasteiger partial charge in [-0.2, -0.15) is 0 Å². The zero-order valence-electron chi connectivity index (χ0n) is 11.2. The molecule has 0 aromatic heterocycles. The molecule has 4 nitrogen and oxygen atoms in total. The molecule has 3 aliphatic rings. The molecule has 2 N–H and O–H groups in total. The van der Waals surface area contributed by atoms with Crippen LogP contribution in [0.15, 0.2) is 0 Å². The molecule has 3 fully saturated rings. The SMILES string of the molecule is CN(CC1(O)CCNC1)C(=O)C1CC2CCC1C2. The molecule has 4 heteroatoms. The van der Waals surface area contributed by atoms with Crippen LogP contribution in [0.25, 0.3) is 0 Å². The van der Waals surface area contributed by atoms with Gasteiger partial charge in [0.1, 0.15) is 0 Å². The van der Waals surface area contributed by atoms with E-state index in [4.69, 9.17) is 0 Å². The van der Waals surface area contributed by atoms with Crippen molar-refractivity contribution in [3.05, 3.63) is 0 Å². The predicted octanol–water partition coefficient (Wildman–Crippen LogP) is 0.605. The maximum Gasteiger partial charge on any atom is 0.225 e. The summed E-state index contributed by atoms with van der Waals surface area (Å²) in [4.78, 5) is 14.2. The van der Waals surface area contributed by atoms with Gasteiger partial charge < -0.3 is 15.3 Å². The van der Waals surface area contributed by atoms with Gasteiger partial charge in [0.15, 0.2) is 0 Å². The third kappa shape index (κ3) is 2.16. The van der Waals surface area contributed by atoms with Crippen LogP contribution in [0.1, 0.15) is 32.1 Å². The number of carbonyl (C=O) groups excluding carboxylic acids is 1. The molecule has 1 heterocycles. The van der Waals surface area contributed by atoms with Gasteiger partial charge in [-0.05, 0) is 44.1 Å². The molecule has 0 radical (unpaired) electrons. The molecule has 0 aromatic rings. The fourth-order valence-corrected chi connectivity index (χ4v) is 4.22. The first kappa shape index (κ1) is 12.4. The highest BCUT2D eigenvalue weighted by molar-refractivity contribution is 5.79. The monoisotopic (exact) mass is 252 g/mol. The number of carbonyl (C=O) groups is 1. The second kappa shape index (κ2) is 4.49. The summed E-state index contributed by atoms with van der Waals surface area (Å²) >= 11 is 0. The number of aliphatic hydroxyl groups is 1. The van der Waals surface area contributed by atoms with Crippen LogP contribution < -0.4 is 5.32 Å². The van der Waals surface area contributed by atoms with E-state index in [0.29, 0.717) is 19.0 Å². The number of nitrogens with one attached hydrogen (secondary N) is 1. The van der Waals surface area contributed by atoms with Crippen LogP contribution in [0.3, 0.4) is 0 Å². The molecule has 102 valence electrons. The Kier molecular flexibility index (Phi) is 3.10. The van der Waals surface area contributed by atoms with E-state index >= 15 is 0 Å². The maximum atomic E-state index is 12.5. The molecule has 2 aliphatic carbocycles. The lowest BCUT2D eigenvalue weighted by atomic mass is 9.87. The summed E-state index contributed by atoms with van der Waals surface area (Å²) in [6.45, 7) is 1.95. The Balaban J connectivity index is 1.59. The summed E-state index contributed by atoms with van der Waals surface area (Å²) in [7, 11) is 1.85. The zero-order valence-corrected chi connectivity index (χ0v) is 11.2. The summed E-state index contributed by atoms with van der Waals surface area (Å²) in [5, 5.41) is 13.5. The quantitative estimate of drug-likeness (QED) is 0.773. The van der Waals surface area contributed by atoms with Crippen molar-refractivity contribution in [1.29, 1.82) is 0 Å². The highest BCUT2D eigenvalue weighted by Gasteiger charge is 2.45. The Hall–Kier alpha value is -0.610. The summed E-state index contributed by atoms with van der Waals surface area (Å²) in [6, 6.07) is 0. The number of fused-ring (bicyclic) bond motifs is 2. The van der Waals surface area contributed by atoms with Crippen LogP contribution in [0, 0.1) is 17.8 Å². The summed E-state index contributed by atoms with van der Waals surface area (Å²) in [5.41, 5.74) is -0.706. The highest BCUT2D eigenvalue weighted by Crippen LogP contribution is 2.48. The fraction of sp³-hybridized carbons (Fsp3) is 0.929. The van der Waals surface area contributed by atoms with Gasteiger partial charge in [0.25, 0.3) is 0 Å². The molecule has 2 bridgehead atoms. The molecular formula is C14H24N2O2. The van der Waals surface area contributed by atoms with Crippen LogP contribution in [0.2, 0.25) is 0 Å². The Morgan fingerprint density at radius 3 is 2.83 bits per heavy atom. The average Bonchev–Trinajstić information content (AvgIpc) is 3.03. The molecule has 1 aliphatic heterocycles. The van der Waals surface area contributed by atoms with E-state index < -0.39 is 5.60 Å². The standard InChI is InChI=1S/C14H24N2O2/c1-16(9-14(18)4-5-15-8-14)13(17)12-7-10-2-3-11(12)6-10/h10-12,15,18H,2-9H2,1H3. The fourth-order valence-electron chi connectivity index (χ4n) is 4.22. The first-order valence-electron chi connectivity index (χ1n) is 7.25. The molecule has 0 spiro atoms. The number of hydrogen-bond donors (Lipinski definition) is 2. The van der Waals surface area contributed by atoms with E-state index in [1.165, 1.54) is 19.3 Å². The predicted molar refractivity (Wildman–Crippen MR) is 69.0 cm³/mol. The molecule has 1 amide bonds. The van der Waals surface area contributed by atoms with E-state index in [2.05, 4.69) is 5.32 Å². The third-order valence-electron chi connectivity index (χ3n) is 5.18. The van der Waals surface area contributed by atoms with E-state index in [1.54, 1.807) is 4.90 Å². The molecule has 1 saturated heterocycles. The minimum atomic E-state index is -0.706. The average molecular weight is 252 g/mol. The summed E-state index contributed by atoms with van der Waals surface area (Å²) in [5.74, 6) is 1.93. The number of likely N-dealkylation sites (N-methyl/N-ethyl adjacent to an activating group) is 1. The number of β-amino-alcohol motifs (C(OH)–C–C–N with tert-alkyl or cyclic N) is 1. The van der Waals surface area contributed by atoms with Crippen molar-refractivity contribution in [3.8, 4) is 0 Å². The second-order valence-corrected chi connectivity index (χ2v) is 6.63. The van der Waals surface area contributed by atoms with Gasteiger partial charge in [0, 0.05) is 19.5 Å². The third-order valence-corrected chi connectivity index (χ3v) is 5.18. The molecule has 0 aromatic carbocycles. The summed E-state index contributed by atoms with van der Waals surface area (Å²) < 4.78 is 0. The number of nitrogens with zero attached hydrogens (tertiary/aromatic N) is 1. The largest absolute Gasteiger partial charge is 0.387 e. The first-order valence-corrected chi connectivity index (χ1v) is 7.25. The van der Waals surface area contributed by atoms with E-state index in [-0.39, 0.29) is 11.8 Å². The normalized spacial score (nSPS) is 42.4. The molecule has 18 heavy (non-hydrogen) atoms. The van der Waals surface area contributed by atoms with Gasteiger partial charge in [0.2, 0.25) is 5.91 Å². The van der Waals surface area contributed by atoms with Crippen LogP contribution in [0.5, 0.6) is 0 Å². The zero-order chi connectivity index (χ0) is 12.8.